The van der Waals surface area contributed by atoms with Crippen molar-refractivity contribution in [2.45, 2.75) is 20.0 Å². The lowest BCUT2D eigenvalue weighted by atomic mass is 10.1. The average Bonchev–Trinajstić information content (AvgIpc) is 3.17. The molecule has 3 aromatic carbocycles. The second kappa shape index (κ2) is 8.44. The van der Waals surface area contributed by atoms with E-state index >= 15 is 0 Å². The van der Waals surface area contributed by atoms with Crippen molar-refractivity contribution in [2.24, 2.45) is 10.2 Å². The van der Waals surface area contributed by atoms with Gasteiger partial charge in [-0.15, -0.1) is 0 Å². The van der Waals surface area contributed by atoms with Crippen LogP contribution in [0.1, 0.15) is 27.2 Å². The monoisotopic (exact) mass is 440 g/mol. The standard InChI is InChI=1S/C26H21ClN4O/c1-18-7-2-4-10-24(18)29-28-20-12-13-22(23(27)15-20)26(32)31-17-21-9-6-14-30(21)16-19-8-3-5-11-25(19)31/h2-15H,16-17H2,1H3. The zero-order valence-corrected chi connectivity index (χ0v) is 18.3. The summed E-state index contributed by atoms with van der Waals surface area (Å²) in [6, 6.07) is 25.0. The molecule has 0 saturated carbocycles. The maximum absolute atomic E-state index is 13.6. The molecule has 1 aliphatic heterocycles. The molecule has 1 aromatic heterocycles. The van der Waals surface area contributed by atoms with Crippen LogP contribution in [-0.4, -0.2) is 10.5 Å². The van der Waals surface area contributed by atoms with Gasteiger partial charge < -0.3 is 9.47 Å². The van der Waals surface area contributed by atoms with E-state index in [9.17, 15) is 4.79 Å². The van der Waals surface area contributed by atoms with Crippen LogP contribution in [0, 0.1) is 6.92 Å². The third-order valence-corrected chi connectivity index (χ3v) is 6.00. The lowest BCUT2D eigenvalue weighted by Crippen LogP contribution is -2.30. The summed E-state index contributed by atoms with van der Waals surface area (Å²) in [5.74, 6) is -0.139. The second-order valence-corrected chi connectivity index (χ2v) is 8.21. The minimum absolute atomic E-state index is 0.139. The number of azo groups is 1. The Balaban J connectivity index is 1.46. The third-order valence-electron chi connectivity index (χ3n) is 5.68. The Kier molecular flexibility index (Phi) is 5.33. The van der Waals surface area contributed by atoms with Crippen molar-refractivity contribution in [3.05, 3.63) is 112 Å². The van der Waals surface area contributed by atoms with Gasteiger partial charge in [0.1, 0.15) is 0 Å². The van der Waals surface area contributed by atoms with Crippen LogP contribution in [0.3, 0.4) is 0 Å². The molecule has 0 bridgehead atoms. The highest BCUT2D eigenvalue weighted by Crippen LogP contribution is 2.32. The van der Waals surface area contributed by atoms with E-state index < -0.39 is 0 Å². The van der Waals surface area contributed by atoms with Crippen LogP contribution in [0.2, 0.25) is 5.02 Å². The number of amides is 1. The van der Waals surface area contributed by atoms with Gasteiger partial charge in [0.15, 0.2) is 0 Å². The molecule has 0 N–H and O–H groups in total. The van der Waals surface area contributed by atoms with Gasteiger partial charge in [-0.2, -0.15) is 10.2 Å². The predicted octanol–water partition coefficient (Wildman–Crippen LogP) is 7.07. The molecule has 0 spiro atoms. The molecule has 6 heteroatoms. The fraction of sp³-hybridized carbons (Fsp3) is 0.115. The van der Waals surface area contributed by atoms with Crippen LogP contribution in [0.25, 0.3) is 0 Å². The van der Waals surface area contributed by atoms with E-state index in [0.717, 1.165) is 34.7 Å². The second-order valence-electron chi connectivity index (χ2n) is 7.80. The van der Waals surface area contributed by atoms with Crippen molar-refractivity contribution in [2.75, 3.05) is 4.90 Å². The lowest BCUT2D eigenvalue weighted by molar-refractivity contribution is 0.0985. The van der Waals surface area contributed by atoms with Gasteiger partial charge in [0.2, 0.25) is 0 Å². The first-order valence-corrected chi connectivity index (χ1v) is 10.8. The largest absolute Gasteiger partial charge is 0.345 e. The molecule has 1 amide bonds. The highest BCUT2D eigenvalue weighted by Gasteiger charge is 2.26. The van der Waals surface area contributed by atoms with E-state index in [1.165, 1.54) is 0 Å². The van der Waals surface area contributed by atoms with Gasteiger partial charge in [-0.05, 0) is 60.5 Å². The third kappa shape index (κ3) is 3.83. The van der Waals surface area contributed by atoms with Gasteiger partial charge in [0, 0.05) is 24.1 Å². The van der Waals surface area contributed by atoms with Crippen molar-refractivity contribution < 1.29 is 4.79 Å². The van der Waals surface area contributed by atoms with Crippen LogP contribution in [0.4, 0.5) is 17.1 Å². The Bertz CT molecular complexity index is 1340. The summed E-state index contributed by atoms with van der Waals surface area (Å²) in [7, 11) is 0. The normalized spacial score (nSPS) is 13.0. The average molecular weight is 441 g/mol. The number of carbonyl (C=O) groups excluding carboxylic acids is 1. The highest BCUT2D eigenvalue weighted by molar-refractivity contribution is 6.34. The number of hydrogen-bond acceptors (Lipinski definition) is 3. The van der Waals surface area contributed by atoms with Crippen molar-refractivity contribution >= 4 is 34.6 Å². The summed E-state index contributed by atoms with van der Waals surface area (Å²) in [5, 5.41) is 8.96. The van der Waals surface area contributed by atoms with E-state index in [1.54, 1.807) is 23.1 Å². The predicted molar refractivity (Wildman–Crippen MR) is 127 cm³/mol. The van der Waals surface area contributed by atoms with E-state index in [0.29, 0.717) is 22.8 Å². The molecule has 0 unspecified atom stereocenters. The molecular formula is C26H21ClN4O. The number of halogens is 1. The number of benzene rings is 3. The van der Waals surface area contributed by atoms with E-state index in [2.05, 4.69) is 20.9 Å². The van der Waals surface area contributed by atoms with E-state index in [1.807, 2.05) is 67.7 Å². The van der Waals surface area contributed by atoms with Crippen molar-refractivity contribution in [1.82, 2.24) is 4.57 Å². The van der Waals surface area contributed by atoms with Gasteiger partial charge in [-0.25, -0.2) is 0 Å². The van der Waals surface area contributed by atoms with Crippen LogP contribution in [0.15, 0.2) is 95.3 Å². The van der Waals surface area contributed by atoms with Crippen LogP contribution in [-0.2, 0) is 13.1 Å². The number of para-hydroxylation sites is 1. The number of anilines is 1. The topological polar surface area (TPSA) is 50.0 Å². The number of aryl methyl sites for hydroxylation is 1. The molecule has 0 fully saturated rings. The number of hydrogen-bond donors (Lipinski definition) is 0. The first-order chi connectivity index (χ1) is 15.6. The van der Waals surface area contributed by atoms with Crippen molar-refractivity contribution in [3.63, 3.8) is 0 Å². The summed E-state index contributed by atoms with van der Waals surface area (Å²) < 4.78 is 2.17. The van der Waals surface area contributed by atoms with Crippen molar-refractivity contribution in [3.8, 4) is 0 Å². The van der Waals surface area contributed by atoms with E-state index in [-0.39, 0.29) is 5.91 Å². The summed E-state index contributed by atoms with van der Waals surface area (Å²) >= 11 is 6.55. The zero-order chi connectivity index (χ0) is 22.1. The molecule has 0 aliphatic carbocycles. The molecule has 5 rings (SSSR count). The highest BCUT2D eigenvalue weighted by atomic mass is 35.5. The molecule has 0 atom stereocenters. The number of fused-ring (bicyclic) bond motifs is 2. The molecule has 2 heterocycles. The van der Waals surface area contributed by atoms with Crippen LogP contribution >= 0.6 is 11.6 Å². The maximum atomic E-state index is 13.6. The van der Waals surface area contributed by atoms with Gasteiger partial charge in [0.05, 0.1) is 28.5 Å². The first-order valence-electron chi connectivity index (χ1n) is 10.4. The minimum atomic E-state index is -0.139. The maximum Gasteiger partial charge on any atom is 0.260 e. The van der Waals surface area contributed by atoms with Gasteiger partial charge in [-0.3, -0.25) is 4.79 Å². The zero-order valence-electron chi connectivity index (χ0n) is 17.6. The quantitative estimate of drug-likeness (QED) is 0.314. The number of rotatable bonds is 3. The van der Waals surface area contributed by atoms with Crippen LogP contribution in [0.5, 0.6) is 0 Å². The van der Waals surface area contributed by atoms with Crippen molar-refractivity contribution in [1.29, 1.82) is 0 Å². The van der Waals surface area contributed by atoms with Crippen LogP contribution < -0.4 is 4.90 Å². The summed E-state index contributed by atoms with van der Waals surface area (Å²) in [4.78, 5) is 15.4. The Labute approximate surface area is 191 Å². The lowest BCUT2D eigenvalue weighted by Gasteiger charge is -2.23. The molecule has 0 saturated heterocycles. The fourth-order valence-corrected chi connectivity index (χ4v) is 4.19. The first kappa shape index (κ1) is 20.2. The SMILES string of the molecule is Cc1ccccc1N=Nc1ccc(C(=O)N2Cc3cccn3Cc3ccccc32)c(Cl)c1. The number of carbonyl (C=O) groups is 1. The number of nitrogens with zero attached hydrogens (tertiary/aromatic N) is 4. The molecule has 32 heavy (non-hydrogen) atoms. The molecule has 0 radical (unpaired) electrons. The Morgan fingerprint density at radius 1 is 0.906 bits per heavy atom. The molecule has 4 aromatic rings. The Morgan fingerprint density at radius 2 is 1.72 bits per heavy atom. The van der Waals surface area contributed by atoms with Gasteiger partial charge in [-0.1, -0.05) is 48.0 Å². The minimum Gasteiger partial charge on any atom is -0.345 e. The Morgan fingerprint density at radius 3 is 2.56 bits per heavy atom. The summed E-state index contributed by atoms with van der Waals surface area (Å²) in [6.07, 6.45) is 2.04. The number of aromatic nitrogens is 1. The summed E-state index contributed by atoms with van der Waals surface area (Å²) in [6.45, 7) is 3.20. The Hall–Kier alpha value is -3.70. The van der Waals surface area contributed by atoms with E-state index in [4.69, 9.17) is 11.6 Å². The van der Waals surface area contributed by atoms with Gasteiger partial charge in [0.25, 0.3) is 5.91 Å². The van der Waals surface area contributed by atoms with Gasteiger partial charge >= 0.3 is 0 Å². The molecular weight excluding hydrogens is 420 g/mol. The molecule has 1 aliphatic rings. The fourth-order valence-electron chi connectivity index (χ4n) is 3.94. The molecule has 5 nitrogen and oxygen atoms in total. The smallest absolute Gasteiger partial charge is 0.260 e. The summed E-state index contributed by atoms with van der Waals surface area (Å²) in [5.41, 5.74) is 5.95. The molecule has 158 valence electrons.